The maximum atomic E-state index is 12.7. The Morgan fingerprint density at radius 1 is 1.08 bits per heavy atom. The van der Waals surface area contributed by atoms with Crippen LogP contribution >= 0.6 is 7.82 Å². The van der Waals surface area contributed by atoms with Gasteiger partial charge in [-0.1, -0.05) is 102 Å². The number of rotatable bonds is 28. The molecule has 1 saturated heterocycles. The van der Waals surface area contributed by atoms with Gasteiger partial charge in [0.1, 0.15) is 12.3 Å². The van der Waals surface area contributed by atoms with Gasteiger partial charge in [0, 0.05) is 23.3 Å². The topological polar surface area (TPSA) is 213 Å². The van der Waals surface area contributed by atoms with E-state index in [1.165, 1.54) is 90.2 Å². The molecule has 2 N–H and O–H groups in total. The van der Waals surface area contributed by atoms with Gasteiger partial charge in [-0.3, -0.25) is 23.4 Å². The third-order valence-corrected chi connectivity index (χ3v) is 9.50. The number of aryl methyl sites for hydroxylation is 1. The number of aliphatic imine (C=N–C) groups is 1. The van der Waals surface area contributed by atoms with Gasteiger partial charge in [0.2, 0.25) is 0 Å². The second-order valence-corrected chi connectivity index (χ2v) is 14.2. The van der Waals surface area contributed by atoms with Gasteiger partial charge in [0.25, 0.3) is 5.56 Å². The minimum absolute atomic E-state index is 0. The van der Waals surface area contributed by atoms with Crippen molar-refractivity contribution in [3.05, 3.63) is 43.0 Å². The molecule has 0 bridgehead atoms. The standard InChI is InChI=1S/C33H59N6O9P.Na/c1-4-6-7-8-9-10-11-12-13-14-15-16-17-18-19-20-29(40)35-23-28(45-5-2)25-46-49(43,44)47-26-33(37-38-34)22-21-30(48-33)39-24-27(3)31(41)36-32(39)42;/h24,28,30H,4-23,25-26H2,1-3H3,(H,35,40)(H,43,44)(H,36,41,42);/q;+1/p-1. The van der Waals surface area contributed by atoms with E-state index in [4.69, 9.17) is 24.1 Å². The van der Waals surface area contributed by atoms with E-state index < -0.39 is 43.7 Å². The number of H-pyrrole nitrogens is 1. The number of unbranched alkanes of at least 4 members (excludes halogenated alkanes) is 14. The van der Waals surface area contributed by atoms with Crippen LogP contribution in [0.2, 0.25) is 0 Å². The van der Waals surface area contributed by atoms with Crippen LogP contribution in [0.15, 0.2) is 25.9 Å². The fourth-order valence-corrected chi connectivity index (χ4v) is 6.52. The summed E-state index contributed by atoms with van der Waals surface area (Å²) in [4.78, 5) is 43.3. The third kappa shape index (κ3) is 18.8. The summed E-state index contributed by atoms with van der Waals surface area (Å²) in [6, 6.07) is 0. The number of ether oxygens (including phenoxy) is 2. The Bertz CT molecular complexity index is 1340. The molecule has 0 radical (unpaired) electrons. The molecule has 0 aliphatic carbocycles. The van der Waals surface area contributed by atoms with E-state index in [0.29, 0.717) is 6.42 Å². The van der Waals surface area contributed by atoms with E-state index >= 15 is 0 Å². The van der Waals surface area contributed by atoms with Crippen LogP contribution in [0.1, 0.15) is 141 Å². The van der Waals surface area contributed by atoms with Gasteiger partial charge in [0.15, 0.2) is 5.72 Å². The fourth-order valence-electron chi connectivity index (χ4n) is 5.72. The smallest absolute Gasteiger partial charge is 0.862 e. The van der Waals surface area contributed by atoms with E-state index in [2.05, 4.69) is 26.9 Å². The molecule has 0 aromatic carbocycles. The quantitative estimate of drug-likeness (QED) is 0.0187. The average molecular weight is 737 g/mol. The van der Waals surface area contributed by atoms with Gasteiger partial charge >= 0.3 is 43.1 Å². The van der Waals surface area contributed by atoms with Gasteiger partial charge in [0.05, 0.1) is 19.8 Å². The summed E-state index contributed by atoms with van der Waals surface area (Å²) in [5.41, 5.74) is 6.44. The molecule has 0 spiro atoms. The Kier molecular flexibility index (Phi) is 24.5. The number of phosphoric ester groups is 1. The molecule has 15 nitrogen and oxygen atoms in total. The first-order valence-corrected chi connectivity index (χ1v) is 19.5. The van der Waals surface area contributed by atoms with Crippen molar-refractivity contribution in [2.75, 3.05) is 26.4 Å². The number of nitrogens with one attached hydrogen (secondary N) is 1. The maximum absolute atomic E-state index is 12.7. The van der Waals surface area contributed by atoms with Crippen molar-refractivity contribution in [3.8, 4) is 0 Å². The Hall–Kier alpha value is -1.51. The molecule has 2 rings (SSSR count). The predicted molar refractivity (Wildman–Crippen MR) is 186 cm³/mol. The summed E-state index contributed by atoms with van der Waals surface area (Å²) in [7, 11) is -4.68. The normalized spacial score (nSPS) is 19.4. The molecular formula is C33H58N6NaO9P. The summed E-state index contributed by atoms with van der Waals surface area (Å²) in [5, 5.41) is 16.0. The fraction of sp³-hybridized carbons (Fsp3) is 0.848. The maximum Gasteiger partial charge on any atom is 1.00 e. The van der Waals surface area contributed by atoms with Crippen molar-refractivity contribution < 1.29 is 62.6 Å². The summed E-state index contributed by atoms with van der Waals surface area (Å²) in [6.07, 6.45) is 18.9. The molecule has 2 heterocycles. The van der Waals surface area contributed by atoms with E-state index in [1.54, 1.807) is 6.92 Å². The first-order chi connectivity index (χ1) is 23.5. The average Bonchev–Trinajstić information content (AvgIpc) is 3.49. The number of phosphoric acid groups is 1. The van der Waals surface area contributed by atoms with Gasteiger partial charge in [-0.15, -0.1) is 0 Å². The second-order valence-electron chi connectivity index (χ2n) is 12.8. The van der Waals surface area contributed by atoms with E-state index in [9.17, 15) is 24.2 Å². The molecule has 17 heteroatoms. The Labute approximate surface area is 318 Å². The van der Waals surface area contributed by atoms with Crippen molar-refractivity contribution in [2.45, 2.75) is 154 Å². The van der Waals surface area contributed by atoms with Crippen molar-refractivity contribution >= 4 is 13.7 Å². The molecule has 50 heavy (non-hydrogen) atoms. The van der Waals surface area contributed by atoms with Gasteiger partial charge in [-0.05, 0) is 51.0 Å². The number of nitrogens with zero attached hydrogens (tertiary/aromatic N) is 5. The molecule has 1 fully saturated rings. The number of hydrogen-bond acceptors (Lipinski definition) is 10. The zero-order valence-corrected chi connectivity index (χ0v) is 33.6. The van der Waals surface area contributed by atoms with Crippen molar-refractivity contribution in [1.82, 2.24) is 9.55 Å². The molecule has 0 saturated carbocycles. The van der Waals surface area contributed by atoms with Gasteiger partial charge in [-0.25, -0.2) is 9.36 Å². The van der Waals surface area contributed by atoms with Crippen LogP contribution in [0.3, 0.4) is 0 Å². The number of azide groups is 1. The van der Waals surface area contributed by atoms with E-state index in [1.807, 2.05) is 0 Å². The van der Waals surface area contributed by atoms with E-state index in [0.717, 1.165) is 23.8 Å². The van der Waals surface area contributed by atoms with Crippen LogP contribution in [0.25, 0.3) is 10.4 Å². The SMILES string of the molecule is CCCCCCCCCCCCCCCCCC([O-])=NCC(COP(=O)(O)OCC1(N=[N+]=[N-])CCC(n2cc(C)c(=O)[nH]c2=O)O1)OCC.[Na+]. The van der Waals surface area contributed by atoms with Crippen LogP contribution < -0.4 is 45.9 Å². The molecule has 1 aromatic rings. The predicted octanol–water partition coefficient (Wildman–Crippen LogP) is 3.72. The molecule has 4 unspecified atom stereocenters. The largest absolute Gasteiger partial charge is 1.00 e. The number of hydrogen-bond donors (Lipinski definition) is 2. The second kappa shape index (κ2) is 26.3. The summed E-state index contributed by atoms with van der Waals surface area (Å²) < 4.78 is 35.4. The molecule has 1 aliphatic rings. The summed E-state index contributed by atoms with van der Waals surface area (Å²) in [5.74, 6) is -0.246. The van der Waals surface area contributed by atoms with Crippen molar-refractivity contribution in [2.24, 2.45) is 10.1 Å². The molecule has 280 valence electrons. The van der Waals surface area contributed by atoms with Crippen molar-refractivity contribution in [1.29, 1.82) is 0 Å². The Morgan fingerprint density at radius 3 is 2.22 bits per heavy atom. The van der Waals surface area contributed by atoms with E-state index in [-0.39, 0.29) is 73.6 Å². The zero-order valence-electron chi connectivity index (χ0n) is 30.7. The Balaban J connectivity index is 0.0000125. The molecule has 1 aliphatic heterocycles. The summed E-state index contributed by atoms with van der Waals surface area (Å²) in [6.45, 7) is 4.73. The monoisotopic (exact) mass is 736 g/mol. The van der Waals surface area contributed by atoms with Gasteiger partial charge in [-0.2, -0.15) is 0 Å². The van der Waals surface area contributed by atoms with Crippen LogP contribution in [0, 0.1) is 6.92 Å². The third-order valence-electron chi connectivity index (χ3n) is 8.57. The van der Waals surface area contributed by atoms with Crippen LogP contribution in [-0.2, 0) is 23.1 Å². The van der Waals surface area contributed by atoms with Gasteiger partial charge < -0.3 is 24.5 Å². The van der Waals surface area contributed by atoms with Crippen molar-refractivity contribution in [3.63, 3.8) is 0 Å². The summed E-state index contributed by atoms with van der Waals surface area (Å²) >= 11 is 0. The molecule has 4 atom stereocenters. The molecular weight excluding hydrogens is 678 g/mol. The van der Waals surface area contributed by atoms with Crippen LogP contribution in [0.4, 0.5) is 0 Å². The number of aromatic nitrogens is 2. The first kappa shape index (κ1) is 46.5. The zero-order chi connectivity index (χ0) is 36.0. The first-order valence-electron chi connectivity index (χ1n) is 18.0. The molecule has 1 aromatic heterocycles. The Morgan fingerprint density at radius 2 is 1.66 bits per heavy atom. The van der Waals surface area contributed by atoms with Crippen LogP contribution in [-0.4, -0.2) is 58.5 Å². The number of aromatic amines is 1. The minimum Gasteiger partial charge on any atom is -0.862 e. The molecule has 0 amide bonds. The minimum atomic E-state index is -4.68. The van der Waals surface area contributed by atoms with Crippen LogP contribution in [0.5, 0.6) is 0 Å².